The number of carbonyl (C=O) groups is 1. The first-order valence-electron chi connectivity index (χ1n) is 10.6. The smallest absolute Gasteiger partial charge is 0.281 e. The molecule has 2 aliphatic rings. The van der Waals surface area contributed by atoms with E-state index in [1.807, 2.05) is 40.3 Å². The van der Waals surface area contributed by atoms with Gasteiger partial charge in [-0.3, -0.25) is 15.2 Å². The predicted molar refractivity (Wildman–Crippen MR) is 131 cm³/mol. The minimum Gasteiger partial charge on any atom is -0.284 e. The predicted octanol–water partition coefficient (Wildman–Crippen LogP) is 6.36. The zero-order valence-electron chi connectivity index (χ0n) is 17.2. The molecule has 2 aromatic carbocycles. The largest absolute Gasteiger partial charge is 0.284 e. The zero-order chi connectivity index (χ0) is 21.8. The first-order chi connectivity index (χ1) is 15.0. The molecule has 1 N–H and O–H groups in total. The highest BCUT2D eigenvalue weighted by Gasteiger charge is 2.34. The normalized spacial score (nSPS) is 20.2. The summed E-state index contributed by atoms with van der Waals surface area (Å²) in [4.78, 5) is 13.1. The monoisotopic (exact) mass is 522 g/mol. The number of rotatable bonds is 4. The van der Waals surface area contributed by atoms with E-state index in [1.54, 1.807) is 12.1 Å². The van der Waals surface area contributed by atoms with Gasteiger partial charge in [0.25, 0.3) is 5.91 Å². The van der Waals surface area contributed by atoms with Crippen LogP contribution in [-0.4, -0.2) is 29.7 Å². The van der Waals surface area contributed by atoms with Crippen molar-refractivity contribution >= 4 is 56.4 Å². The van der Waals surface area contributed by atoms with Crippen LogP contribution in [0.25, 0.3) is 0 Å². The highest BCUT2D eigenvalue weighted by atomic mass is 79.9. The number of hydrazine groups is 1. The maximum absolute atomic E-state index is 13.1. The molecule has 1 saturated heterocycles. The molecule has 1 unspecified atom stereocenters. The van der Waals surface area contributed by atoms with Crippen molar-refractivity contribution in [1.82, 2.24) is 10.4 Å². The minimum atomic E-state index is -0.143. The fourth-order valence-electron chi connectivity index (χ4n) is 4.05. The number of amides is 1. The Labute approximate surface area is 201 Å². The van der Waals surface area contributed by atoms with E-state index < -0.39 is 0 Å². The lowest BCUT2D eigenvalue weighted by molar-refractivity contribution is -0.119. The van der Waals surface area contributed by atoms with Gasteiger partial charge in [-0.2, -0.15) is 5.10 Å². The molecule has 2 aromatic rings. The average molecular weight is 524 g/mol. The van der Waals surface area contributed by atoms with Gasteiger partial charge >= 0.3 is 0 Å². The third-order valence-corrected chi connectivity index (χ3v) is 6.77. The summed E-state index contributed by atoms with van der Waals surface area (Å²) in [5.74, 6) is -0.143. The maximum atomic E-state index is 13.1. The lowest BCUT2D eigenvalue weighted by atomic mass is 10.0. The number of hydrogen-bond acceptors (Lipinski definition) is 4. The molecule has 0 aromatic heterocycles. The van der Waals surface area contributed by atoms with Crippen LogP contribution < -0.4 is 10.4 Å². The Bertz CT molecular complexity index is 959. The van der Waals surface area contributed by atoms with Crippen molar-refractivity contribution < 1.29 is 4.79 Å². The zero-order valence-corrected chi connectivity index (χ0v) is 20.3. The molecule has 2 heterocycles. The van der Waals surface area contributed by atoms with Crippen LogP contribution in [0.1, 0.15) is 50.1 Å². The standard InChI is InChI=1S/C23H25BrCl2N4O/c24-17-8-6-16(7-9-17)22-15-20(23(31)28-29-12-4-2-1-3-5-13-29)27-30(22)21-11-10-18(25)14-19(21)26/h6-11,14,22H,1-5,12-13,15H2,(H,28,31). The summed E-state index contributed by atoms with van der Waals surface area (Å²) < 4.78 is 1.00. The van der Waals surface area contributed by atoms with Crippen molar-refractivity contribution in [2.75, 3.05) is 18.1 Å². The summed E-state index contributed by atoms with van der Waals surface area (Å²) >= 11 is 16.1. The number of hydrogen-bond donors (Lipinski definition) is 1. The summed E-state index contributed by atoms with van der Waals surface area (Å²) in [7, 11) is 0. The van der Waals surface area contributed by atoms with E-state index in [9.17, 15) is 4.79 Å². The van der Waals surface area contributed by atoms with Crippen LogP contribution in [0.4, 0.5) is 5.69 Å². The first-order valence-corrected chi connectivity index (χ1v) is 12.2. The average Bonchev–Trinajstić information content (AvgIpc) is 3.15. The van der Waals surface area contributed by atoms with Crippen LogP contribution in [0.3, 0.4) is 0 Å². The van der Waals surface area contributed by atoms with Gasteiger partial charge in [-0.1, -0.05) is 70.5 Å². The molecule has 2 aliphatic heterocycles. The highest BCUT2D eigenvalue weighted by Crippen LogP contribution is 2.39. The van der Waals surface area contributed by atoms with Crippen molar-refractivity contribution in [3.8, 4) is 0 Å². The lowest BCUT2D eigenvalue weighted by Gasteiger charge is -2.25. The fraction of sp³-hybridized carbons (Fsp3) is 0.391. The van der Waals surface area contributed by atoms with E-state index in [-0.39, 0.29) is 11.9 Å². The molecule has 1 fully saturated rings. The number of nitrogens with one attached hydrogen (secondary N) is 1. The van der Waals surface area contributed by atoms with E-state index in [1.165, 1.54) is 19.3 Å². The van der Waals surface area contributed by atoms with Gasteiger partial charge in [-0.25, -0.2) is 5.01 Å². The maximum Gasteiger partial charge on any atom is 0.281 e. The number of anilines is 1. The molecule has 5 nitrogen and oxygen atoms in total. The Morgan fingerprint density at radius 1 is 1.00 bits per heavy atom. The van der Waals surface area contributed by atoms with E-state index in [0.29, 0.717) is 22.2 Å². The second kappa shape index (κ2) is 10.3. The van der Waals surface area contributed by atoms with Gasteiger partial charge in [0, 0.05) is 29.0 Å². The van der Waals surface area contributed by atoms with E-state index in [2.05, 4.69) is 21.4 Å². The Hall–Kier alpha value is -1.60. The van der Waals surface area contributed by atoms with E-state index in [4.69, 9.17) is 28.3 Å². The topological polar surface area (TPSA) is 47.9 Å². The van der Waals surface area contributed by atoms with Crippen molar-refractivity contribution in [2.24, 2.45) is 5.10 Å². The van der Waals surface area contributed by atoms with Crippen molar-refractivity contribution in [1.29, 1.82) is 0 Å². The highest BCUT2D eigenvalue weighted by molar-refractivity contribution is 9.10. The molecule has 8 heteroatoms. The Balaban J connectivity index is 1.58. The molecule has 0 aliphatic carbocycles. The van der Waals surface area contributed by atoms with E-state index in [0.717, 1.165) is 41.7 Å². The minimum absolute atomic E-state index is 0.125. The second-order valence-electron chi connectivity index (χ2n) is 7.95. The number of hydrazone groups is 1. The van der Waals surface area contributed by atoms with Gasteiger partial charge in [-0.15, -0.1) is 0 Å². The summed E-state index contributed by atoms with van der Waals surface area (Å²) in [6.07, 6.45) is 6.39. The molecule has 164 valence electrons. The third kappa shape index (κ3) is 5.61. The quantitative estimate of drug-likeness (QED) is 0.507. The van der Waals surface area contributed by atoms with Crippen molar-refractivity contribution in [2.45, 2.75) is 44.6 Å². The summed E-state index contributed by atoms with van der Waals surface area (Å²) in [5.41, 5.74) is 5.37. The number of benzene rings is 2. The van der Waals surface area contributed by atoms with Gasteiger partial charge in [0.1, 0.15) is 5.71 Å². The van der Waals surface area contributed by atoms with Crippen molar-refractivity contribution in [3.63, 3.8) is 0 Å². The van der Waals surface area contributed by atoms with Crippen molar-refractivity contribution in [3.05, 3.63) is 62.5 Å². The fourth-order valence-corrected chi connectivity index (χ4v) is 4.81. The number of carbonyl (C=O) groups excluding carboxylic acids is 1. The Kier molecular flexibility index (Phi) is 7.54. The number of halogens is 3. The summed E-state index contributed by atoms with van der Waals surface area (Å²) in [6.45, 7) is 1.75. The van der Waals surface area contributed by atoms with Crippen LogP contribution in [0.2, 0.25) is 10.0 Å². The van der Waals surface area contributed by atoms with Crippen LogP contribution in [0, 0.1) is 0 Å². The summed E-state index contributed by atoms with van der Waals surface area (Å²) in [6, 6.07) is 13.3. The molecule has 0 radical (unpaired) electrons. The van der Waals surface area contributed by atoms with Crippen LogP contribution in [0.5, 0.6) is 0 Å². The molecular formula is C23H25BrCl2N4O. The molecule has 1 atom stereocenters. The number of nitrogens with zero attached hydrogens (tertiary/aromatic N) is 3. The molecule has 4 rings (SSSR count). The third-order valence-electron chi connectivity index (χ3n) is 5.70. The molecule has 1 amide bonds. The van der Waals surface area contributed by atoms with Crippen LogP contribution >= 0.6 is 39.1 Å². The molecule has 0 saturated carbocycles. The first kappa shape index (κ1) is 22.6. The summed E-state index contributed by atoms with van der Waals surface area (Å²) in [5, 5.41) is 9.65. The van der Waals surface area contributed by atoms with Crippen LogP contribution in [0.15, 0.2) is 52.0 Å². The van der Waals surface area contributed by atoms with Crippen LogP contribution in [-0.2, 0) is 4.79 Å². The molecule has 0 bridgehead atoms. The molecular weight excluding hydrogens is 499 g/mol. The van der Waals surface area contributed by atoms with Gasteiger partial charge in [0.05, 0.1) is 16.8 Å². The Morgan fingerprint density at radius 3 is 2.35 bits per heavy atom. The van der Waals surface area contributed by atoms with E-state index >= 15 is 0 Å². The van der Waals surface area contributed by atoms with Gasteiger partial charge in [0.15, 0.2) is 0 Å². The second-order valence-corrected chi connectivity index (χ2v) is 9.71. The van der Waals surface area contributed by atoms with Gasteiger partial charge < -0.3 is 0 Å². The lowest BCUT2D eigenvalue weighted by Crippen LogP contribution is -2.46. The van der Waals surface area contributed by atoms with Gasteiger partial charge in [-0.05, 0) is 48.7 Å². The molecule has 0 spiro atoms. The Morgan fingerprint density at radius 2 is 1.68 bits per heavy atom. The van der Waals surface area contributed by atoms with Gasteiger partial charge in [0.2, 0.25) is 0 Å². The SMILES string of the molecule is O=C(NN1CCCCCCC1)C1=NN(c2ccc(Cl)cc2Cl)C(c2ccc(Br)cc2)C1. The molecule has 31 heavy (non-hydrogen) atoms.